The fourth-order valence-electron chi connectivity index (χ4n) is 0.917. The molecule has 1 N–H and O–H groups in total. The molecular weight excluding hydrogens is 393 g/mol. The number of hydrogen-bond acceptors (Lipinski definition) is 3. The Kier molecular flexibility index (Phi) is 5.30. The van der Waals surface area contributed by atoms with Gasteiger partial charge in [-0.05, 0) is 37.9 Å². The number of benzene rings is 1. The summed E-state index contributed by atoms with van der Waals surface area (Å²) in [7, 11) is 0. The molecule has 0 aromatic heterocycles. The molecule has 17 heavy (non-hydrogen) atoms. The second kappa shape index (κ2) is 6.28. The number of nitrogens with one attached hydrogen (secondary N) is 1. The third kappa shape index (κ3) is 3.37. The second-order valence-electron chi connectivity index (χ2n) is 2.77. The molecule has 0 saturated carbocycles. The molecule has 0 fully saturated rings. The molecule has 0 spiro atoms. The van der Waals surface area contributed by atoms with Crippen molar-refractivity contribution in [1.82, 2.24) is 0 Å². The van der Waals surface area contributed by atoms with Crippen molar-refractivity contribution in [3.63, 3.8) is 0 Å². The molecule has 86 valence electrons. The summed E-state index contributed by atoms with van der Waals surface area (Å²) in [6.45, 7) is 0. The van der Waals surface area contributed by atoms with Crippen LogP contribution >= 0.6 is 55.1 Å². The smallest absolute Gasteiger partial charge is 0.145 e. The number of allylic oxidation sites excluding steroid dienone is 1. The summed E-state index contributed by atoms with van der Waals surface area (Å²) in [6.07, 6.45) is 1.28. The van der Waals surface area contributed by atoms with Crippen LogP contribution in [0, 0.1) is 22.7 Å². The van der Waals surface area contributed by atoms with Crippen molar-refractivity contribution in [3.8, 4) is 12.1 Å². The quantitative estimate of drug-likeness (QED) is 0.442. The van der Waals surface area contributed by atoms with Gasteiger partial charge in [0, 0.05) is 6.20 Å². The predicted molar refractivity (Wildman–Crippen MR) is 74.8 cm³/mol. The van der Waals surface area contributed by atoms with Crippen LogP contribution in [0.15, 0.2) is 26.8 Å². The van der Waals surface area contributed by atoms with Gasteiger partial charge in [-0.15, -0.1) is 0 Å². The molecule has 0 amide bonds. The zero-order valence-electron chi connectivity index (χ0n) is 8.06. The molecule has 0 atom stereocenters. The number of nitriles is 2. The average molecular weight is 396 g/mol. The molecule has 0 heterocycles. The minimum atomic E-state index is -0.0490. The van der Waals surface area contributed by atoms with Gasteiger partial charge in [0.05, 0.1) is 24.7 Å². The van der Waals surface area contributed by atoms with Crippen molar-refractivity contribution in [3.05, 3.63) is 36.8 Å². The number of nitrogens with zero attached hydrogens (tertiary/aromatic N) is 2. The van der Waals surface area contributed by atoms with Gasteiger partial charge >= 0.3 is 0 Å². The lowest BCUT2D eigenvalue weighted by Crippen LogP contribution is -1.92. The van der Waals surface area contributed by atoms with E-state index in [2.05, 4.69) is 37.2 Å². The molecule has 0 bridgehead atoms. The van der Waals surface area contributed by atoms with Crippen LogP contribution in [0.25, 0.3) is 0 Å². The summed E-state index contributed by atoms with van der Waals surface area (Å²) >= 11 is 18.4. The third-order valence-corrected chi connectivity index (χ3v) is 4.72. The minimum Gasteiger partial charge on any atom is -0.359 e. The molecule has 0 unspecified atom stereocenters. The van der Waals surface area contributed by atoms with Crippen LogP contribution in [0.2, 0.25) is 10.0 Å². The van der Waals surface area contributed by atoms with Crippen LogP contribution in [0.1, 0.15) is 0 Å². The van der Waals surface area contributed by atoms with Crippen molar-refractivity contribution < 1.29 is 0 Å². The van der Waals surface area contributed by atoms with E-state index in [1.165, 1.54) is 6.20 Å². The van der Waals surface area contributed by atoms with E-state index in [9.17, 15) is 0 Å². The molecule has 1 aromatic carbocycles. The van der Waals surface area contributed by atoms with E-state index in [4.69, 9.17) is 33.7 Å². The summed E-state index contributed by atoms with van der Waals surface area (Å²) in [5, 5.41) is 20.8. The molecule has 0 aliphatic heterocycles. The lowest BCUT2D eigenvalue weighted by Gasteiger charge is -2.09. The molecule has 7 heteroatoms. The number of hydrogen-bond donors (Lipinski definition) is 1. The van der Waals surface area contributed by atoms with Crippen molar-refractivity contribution in [2.24, 2.45) is 0 Å². The van der Waals surface area contributed by atoms with Crippen LogP contribution in [-0.2, 0) is 0 Å². The van der Waals surface area contributed by atoms with Crippen molar-refractivity contribution >= 4 is 60.7 Å². The summed E-state index contributed by atoms with van der Waals surface area (Å²) in [5.74, 6) is 0. The van der Waals surface area contributed by atoms with E-state index in [1.807, 2.05) is 0 Å². The molecule has 0 aliphatic carbocycles. The fraction of sp³-hybridized carbons (Fsp3) is 0. The minimum absolute atomic E-state index is 0.0490. The normalized spacial score (nSPS) is 9.06. The molecule has 0 radical (unpaired) electrons. The maximum absolute atomic E-state index is 8.57. The highest BCUT2D eigenvalue weighted by molar-refractivity contribution is 9.11. The number of rotatable bonds is 2. The first-order valence-corrected chi connectivity index (χ1v) is 6.45. The lowest BCUT2D eigenvalue weighted by molar-refractivity contribution is 1.44. The first kappa shape index (κ1) is 14.3. The molecule has 0 aliphatic rings. The van der Waals surface area contributed by atoms with E-state index in [0.717, 1.165) is 0 Å². The topological polar surface area (TPSA) is 59.6 Å². The Bertz CT molecular complexity index is 554. The van der Waals surface area contributed by atoms with Gasteiger partial charge < -0.3 is 5.32 Å². The molecular formula is C10H3Br2Cl2N3. The van der Waals surface area contributed by atoms with Crippen molar-refractivity contribution in [1.29, 1.82) is 10.5 Å². The molecule has 1 aromatic rings. The van der Waals surface area contributed by atoms with E-state index < -0.39 is 0 Å². The Labute approximate surface area is 125 Å². The first-order valence-electron chi connectivity index (χ1n) is 4.11. The molecule has 1 rings (SSSR count). The van der Waals surface area contributed by atoms with Crippen molar-refractivity contribution in [2.45, 2.75) is 0 Å². The van der Waals surface area contributed by atoms with Gasteiger partial charge in [0.15, 0.2) is 0 Å². The van der Waals surface area contributed by atoms with Crippen LogP contribution in [0.5, 0.6) is 0 Å². The fourth-order valence-corrected chi connectivity index (χ4v) is 2.38. The van der Waals surface area contributed by atoms with Gasteiger partial charge in [-0.1, -0.05) is 23.2 Å². The van der Waals surface area contributed by atoms with E-state index in [-0.39, 0.29) is 5.57 Å². The van der Waals surface area contributed by atoms with Gasteiger partial charge in [-0.25, -0.2) is 0 Å². The standard InChI is InChI=1S/C10H3Br2Cl2N3/c11-8-6(13)1-7(9(12)10(8)14)17-4-5(2-15)3-16/h1,4,17H. The second-order valence-corrected chi connectivity index (χ2v) is 5.15. The van der Waals surface area contributed by atoms with Crippen LogP contribution in [0.3, 0.4) is 0 Å². The Morgan fingerprint density at radius 1 is 1.24 bits per heavy atom. The summed E-state index contributed by atoms with van der Waals surface area (Å²) in [6, 6.07) is 5.07. The Morgan fingerprint density at radius 2 is 1.82 bits per heavy atom. The summed E-state index contributed by atoms with van der Waals surface area (Å²) in [5.41, 5.74) is 0.512. The number of anilines is 1. The van der Waals surface area contributed by atoms with Crippen LogP contribution in [0.4, 0.5) is 5.69 Å². The Morgan fingerprint density at radius 3 is 2.35 bits per heavy atom. The SMILES string of the molecule is N#CC(C#N)=CNc1cc(Cl)c(Br)c(Cl)c1Br. The maximum atomic E-state index is 8.57. The van der Waals surface area contributed by atoms with Crippen LogP contribution < -0.4 is 5.32 Å². The number of halogens is 4. The summed E-state index contributed by atoms with van der Waals surface area (Å²) < 4.78 is 1.16. The third-order valence-electron chi connectivity index (χ3n) is 1.72. The van der Waals surface area contributed by atoms with E-state index in [1.54, 1.807) is 18.2 Å². The zero-order chi connectivity index (χ0) is 13.0. The largest absolute Gasteiger partial charge is 0.359 e. The average Bonchev–Trinajstić information content (AvgIpc) is 2.33. The van der Waals surface area contributed by atoms with Crippen LogP contribution in [-0.4, -0.2) is 0 Å². The highest BCUT2D eigenvalue weighted by Crippen LogP contribution is 2.41. The maximum Gasteiger partial charge on any atom is 0.145 e. The van der Waals surface area contributed by atoms with Gasteiger partial charge in [-0.2, -0.15) is 10.5 Å². The highest BCUT2D eigenvalue weighted by Gasteiger charge is 2.11. The monoisotopic (exact) mass is 393 g/mol. The van der Waals surface area contributed by atoms with Crippen molar-refractivity contribution in [2.75, 3.05) is 5.32 Å². The first-order chi connectivity index (χ1) is 8.01. The highest BCUT2D eigenvalue weighted by atomic mass is 79.9. The predicted octanol–water partition coefficient (Wildman–Crippen LogP) is 4.86. The van der Waals surface area contributed by atoms with E-state index >= 15 is 0 Å². The van der Waals surface area contributed by atoms with Gasteiger partial charge in [-0.3, -0.25) is 0 Å². The lowest BCUT2D eigenvalue weighted by atomic mass is 10.3. The summed E-state index contributed by atoms with van der Waals surface area (Å²) in [4.78, 5) is 0. The van der Waals surface area contributed by atoms with Gasteiger partial charge in [0.1, 0.15) is 17.7 Å². The molecule has 3 nitrogen and oxygen atoms in total. The molecule has 0 saturated heterocycles. The Hall–Kier alpha value is -0.720. The van der Waals surface area contributed by atoms with Gasteiger partial charge in [0.2, 0.25) is 0 Å². The zero-order valence-corrected chi connectivity index (χ0v) is 12.7. The Balaban J connectivity index is 3.15. The van der Waals surface area contributed by atoms with Gasteiger partial charge in [0.25, 0.3) is 0 Å². The van der Waals surface area contributed by atoms with E-state index in [0.29, 0.717) is 24.7 Å².